The molecule has 0 spiro atoms. The number of hydrogen-bond acceptors (Lipinski definition) is 4. The van der Waals surface area contributed by atoms with E-state index in [0.717, 1.165) is 29.5 Å². The second-order valence-corrected chi connectivity index (χ2v) is 5.60. The molecule has 1 amide bonds. The van der Waals surface area contributed by atoms with Crippen LogP contribution in [0, 0.1) is 11.6 Å². The second kappa shape index (κ2) is 7.94. The van der Waals surface area contributed by atoms with Gasteiger partial charge < -0.3 is 4.74 Å². The first kappa shape index (κ1) is 17.2. The smallest absolute Gasteiger partial charge is 0.254 e. The van der Waals surface area contributed by atoms with E-state index in [-0.39, 0.29) is 17.2 Å². The van der Waals surface area contributed by atoms with Crippen LogP contribution in [0.15, 0.2) is 36.2 Å². The van der Waals surface area contributed by atoms with Gasteiger partial charge in [-0.15, -0.1) is 17.9 Å². The molecular formula is C16H16F2N2O2S. The number of anilines is 1. The average molecular weight is 338 g/mol. The van der Waals surface area contributed by atoms with E-state index in [9.17, 15) is 13.6 Å². The Morgan fingerprint density at radius 1 is 1.52 bits per heavy atom. The van der Waals surface area contributed by atoms with E-state index in [4.69, 9.17) is 4.74 Å². The minimum atomic E-state index is -0.645. The molecule has 0 aliphatic heterocycles. The predicted octanol–water partition coefficient (Wildman–Crippen LogP) is 4.01. The van der Waals surface area contributed by atoms with Crippen LogP contribution < -0.4 is 5.32 Å². The van der Waals surface area contributed by atoms with Gasteiger partial charge in [0.15, 0.2) is 5.13 Å². The van der Waals surface area contributed by atoms with Crippen molar-refractivity contribution in [1.82, 2.24) is 4.98 Å². The third kappa shape index (κ3) is 4.67. The first-order valence-corrected chi connectivity index (χ1v) is 7.83. The van der Waals surface area contributed by atoms with Gasteiger partial charge >= 0.3 is 0 Å². The quantitative estimate of drug-likeness (QED) is 0.613. The van der Waals surface area contributed by atoms with E-state index in [1.54, 1.807) is 18.4 Å². The maximum Gasteiger partial charge on any atom is 0.254 e. The number of nitrogens with one attached hydrogen (secondary N) is 1. The zero-order valence-corrected chi connectivity index (χ0v) is 13.3. The molecule has 1 aromatic heterocycles. The lowest BCUT2D eigenvalue weighted by molar-refractivity contribution is -0.126. The van der Waals surface area contributed by atoms with Gasteiger partial charge in [0.2, 0.25) is 0 Å². The normalized spacial score (nSPS) is 12.0. The third-order valence-corrected chi connectivity index (χ3v) is 3.76. The summed E-state index contributed by atoms with van der Waals surface area (Å²) in [5.41, 5.74) is 0.319. The molecular weight excluding hydrogens is 322 g/mol. The highest BCUT2D eigenvalue weighted by atomic mass is 32.1. The molecule has 0 radical (unpaired) electrons. The minimum absolute atomic E-state index is 0.0528. The largest absolute Gasteiger partial charge is 0.368 e. The highest BCUT2D eigenvalue weighted by Crippen LogP contribution is 2.27. The number of amides is 1. The summed E-state index contributed by atoms with van der Waals surface area (Å²) < 4.78 is 32.3. The number of ether oxygens (including phenoxy) is 1. The Bertz CT molecular complexity index is 703. The number of carbonyl (C=O) groups is 1. The molecule has 2 rings (SSSR count). The number of halogens is 2. The van der Waals surface area contributed by atoms with Crippen LogP contribution in [-0.4, -0.2) is 23.6 Å². The van der Waals surface area contributed by atoms with Gasteiger partial charge in [-0.1, -0.05) is 6.08 Å². The molecule has 0 aliphatic carbocycles. The van der Waals surface area contributed by atoms with Crippen molar-refractivity contribution in [2.45, 2.75) is 19.4 Å². The van der Waals surface area contributed by atoms with Gasteiger partial charge in [0.1, 0.15) is 17.7 Å². The molecule has 0 fully saturated rings. The summed E-state index contributed by atoms with van der Waals surface area (Å²) >= 11 is 1.13. The molecule has 1 aromatic carbocycles. The van der Waals surface area contributed by atoms with Crippen LogP contribution >= 0.6 is 11.3 Å². The highest BCUT2D eigenvalue weighted by molar-refractivity contribution is 7.14. The summed E-state index contributed by atoms with van der Waals surface area (Å²) in [6.07, 6.45) is 1.71. The summed E-state index contributed by atoms with van der Waals surface area (Å²) in [6, 6.07) is 3.14. The Morgan fingerprint density at radius 3 is 3.04 bits per heavy atom. The van der Waals surface area contributed by atoms with E-state index in [0.29, 0.717) is 18.2 Å². The summed E-state index contributed by atoms with van der Waals surface area (Å²) in [5, 5.41) is 4.45. The molecule has 122 valence electrons. The van der Waals surface area contributed by atoms with Crippen molar-refractivity contribution >= 4 is 22.4 Å². The molecule has 2 aromatic rings. The molecule has 4 nitrogen and oxygen atoms in total. The van der Waals surface area contributed by atoms with Crippen LogP contribution in [0.2, 0.25) is 0 Å². The number of aromatic nitrogens is 1. The Hall–Kier alpha value is -2.12. The fourth-order valence-corrected chi connectivity index (χ4v) is 2.47. The predicted molar refractivity (Wildman–Crippen MR) is 86.3 cm³/mol. The molecule has 1 heterocycles. The van der Waals surface area contributed by atoms with E-state index in [2.05, 4.69) is 16.9 Å². The van der Waals surface area contributed by atoms with Gasteiger partial charge in [0, 0.05) is 10.9 Å². The van der Waals surface area contributed by atoms with Gasteiger partial charge in [-0.25, -0.2) is 13.8 Å². The molecule has 1 N–H and O–H groups in total. The van der Waals surface area contributed by atoms with Crippen LogP contribution in [0.1, 0.15) is 13.3 Å². The first-order chi connectivity index (χ1) is 11.0. The SMILES string of the molecule is C=CCCOC(C)C(=O)Nc1nc(-c2cc(F)ccc2F)cs1. The molecule has 23 heavy (non-hydrogen) atoms. The highest BCUT2D eigenvalue weighted by Gasteiger charge is 2.16. The van der Waals surface area contributed by atoms with E-state index >= 15 is 0 Å². The molecule has 0 saturated heterocycles. The fourth-order valence-electron chi connectivity index (χ4n) is 1.76. The lowest BCUT2D eigenvalue weighted by Gasteiger charge is -2.11. The molecule has 7 heteroatoms. The number of thiazole rings is 1. The lowest BCUT2D eigenvalue weighted by Crippen LogP contribution is -2.27. The van der Waals surface area contributed by atoms with Crippen LogP contribution in [0.5, 0.6) is 0 Å². The minimum Gasteiger partial charge on any atom is -0.368 e. The molecule has 0 saturated carbocycles. The fraction of sp³-hybridized carbons (Fsp3) is 0.250. The van der Waals surface area contributed by atoms with Gasteiger partial charge in [-0.05, 0) is 31.5 Å². The monoisotopic (exact) mass is 338 g/mol. The van der Waals surface area contributed by atoms with Crippen LogP contribution in [0.3, 0.4) is 0 Å². The van der Waals surface area contributed by atoms with E-state index < -0.39 is 17.7 Å². The third-order valence-electron chi connectivity index (χ3n) is 3.00. The Morgan fingerprint density at radius 2 is 2.30 bits per heavy atom. The van der Waals surface area contributed by atoms with Crippen molar-refractivity contribution in [2.75, 3.05) is 11.9 Å². The molecule has 0 aliphatic rings. The zero-order chi connectivity index (χ0) is 16.8. The van der Waals surface area contributed by atoms with E-state index in [1.807, 2.05) is 0 Å². The number of hydrogen-bond donors (Lipinski definition) is 1. The standard InChI is InChI=1S/C16H16F2N2O2S/c1-3-4-7-22-10(2)15(21)20-16-19-14(9-23-16)12-8-11(17)5-6-13(12)18/h3,5-6,8-10H,1,4,7H2,2H3,(H,19,20,21). The van der Waals surface area contributed by atoms with Crippen molar-refractivity contribution in [3.63, 3.8) is 0 Å². The number of carbonyl (C=O) groups excluding carboxylic acids is 1. The van der Waals surface area contributed by atoms with Gasteiger partial charge in [-0.3, -0.25) is 10.1 Å². The van der Waals surface area contributed by atoms with Crippen molar-refractivity contribution in [3.05, 3.63) is 47.9 Å². The number of rotatable bonds is 7. The summed E-state index contributed by atoms with van der Waals surface area (Å²) in [6.45, 7) is 5.59. The average Bonchev–Trinajstić information content (AvgIpc) is 2.98. The molecule has 0 bridgehead atoms. The Balaban J connectivity index is 2.03. The van der Waals surface area contributed by atoms with Gasteiger partial charge in [-0.2, -0.15) is 0 Å². The topological polar surface area (TPSA) is 51.2 Å². The molecule has 1 unspecified atom stereocenters. The lowest BCUT2D eigenvalue weighted by atomic mass is 10.1. The summed E-state index contributed by atoms with van der Waals surface area (Å²) in [4.78, 5) is 16.1. The Labute approximate surface area is 136 Å². The summed E-state index contributed by atoms with van der Waals surface area (Å²) in [5.74, 6) is -1.48. The van der Waals surface area contributed by atoms with Crippen LogP contribution in [0.25, 0.3) is 11.3 Å². The van der Waals surface area contributed by atoms with Gasteiger partial charge in [0.05, 0.1) is 12.3 Å². The van der Waals surface area contributed by atoms with Crippen LogP contribution in [-0.2, 0) is 9.53 Å². The maximum atomic E-state index is 13.7. The van der Waals surface area contributed by atoms with Crippen LogP contribution in [0.4, 0.5) is 13.9 Å². The van der Waals surface area contributed by atoms with Crippen molar-refractivity contribution in [1.29, 1.82) is 0 Å². The summed E-state index contributed by atoms with van der Waals surface area (Å²) in [7, 11) is 0. The van der Waals surface area contributed by atoms with Crippen molar-refractivity contribution in [2.24, 2.45) is 0 Å². The Kier molecular flexibility index (Phi) is 5.95. The zero-order valence-electron chi connectivity index (χ0n) is 12.5. The van der Waals surface area contributed by atoms with Crippen molar-refractivity contribution < 1.29 is 18.3 Å². The molecule has 1 atom stereocenters. The van der Waals surface area contributed by atoms with E-state index in [1.165, 1.54) is 0 Å². The number of benzene rings is 1. The second-order valence-electron chi connectivity index (χ2n) is 4.74. The van der Waals surface area contributed by atoms with Gasteiger partial charge in [0.25, 0.3) is 5.91 Å². The number of nitrogens with zero attached hydrogens (tertiary/aromatic N) is 1. The van der Waals surface area contributed by atoms with Crippen molar-refractivity contribution in [3.8, 4) is 11.3 Å². The first-order valence-electron chi connectivity index (χ1n) is 6.95. The maximum absolute atomic E-state index is 13.7.